The number of carbonyl (C=O) groups is 2. The first-order chi connectivity index (χ1) is 15.7. The van der Waals surface area contributed by atoms with Crippen LogP contribution in [0.15, 0.2) is 35.2 Å². The first-order valence-electron chi connectivity index (χ1n) is 10.0. The number of nitrogens with one attached hydrogen (secondary N) is 2. The maximum absolute atomic E-state index is 13.5. The van der Waals surface area contributed by atoms with E-state index in [1.807, 2.05) is 0 Å². The molecular formula is C21H22ClN3O7S. The summed E-state index contributed by atoms with van der Waals surface area (Å²) < 4.78 is 43.8. The normalized spacial score (nSPS) is 18.2. The van der Waals surface area contributed by atoms with Gasteiger partial charge in [0.1, 0.15) is 28.2 Å². The Balaban J connectivity index is 1.60. The van der Waals surface area contributed by atoms with Crippen molar-refractivity contribution in [2.24, 2.45) is 0 Å². The summed E-state index contributed by atoms with van der Waals surface area (Å²) >= 11 is 6.25. The van der Waals surface area contributed by atoms with E-state index in [1.165, 1.54) is 26.4 Å². The fourth-order valence-electron chi connectivity index (χ4n) is 3.80. The van der Waals surface area contributed by atoms with Crippen molar-refractivity contribution in [3.8, 4) is 17.2 Å². The lowest BCUT2D eigenvalue weighted by molar-refractivity contribution is -0.119. The third kappa shape index (κ3) is 4.56. The van der Waals surface area contributed by atoms with Crippen LogP contribution in [0.2, 0.25) is 5.02 Å². The summed E-state index contributed by atoms with van der Waals surface area (Å²) in [7, 11) is -1.15. The van der Waals surface area contributed by atoms with Crippen LogP contribution in [0.5, 0.6) is 17.2 Å². The van der Waals surface area contributed by atoms with Gasteiger partial charge in [-0.2, -0.15) is 4.31 Å². The van der Waals surface area contributed by atoms with Gasteiger partial charge >= 0.3 is 0 Å². The molecule has 0 aromatic heterocycles. The van der Waals surface area contributed by atoms with E-state index in [0.29, 0.717) is 30.0 Å². The molecule has 12 heteroatoms. The van der Waals surface area contributed by atoms with Gasteiger partial charge in [-0.25, -0.2) is 8.42 Å². The second-order valence-electron chi connectivity index (χ2n) is 7.48. The first-order valence-corrected chi connectivity index (χ1v) is 11.9. The zero-order valence-electron chi connectivity index (χ0n) is 17.9. The molecular weight excluding hydrogens is 474 g/mol. The molecule has 0 unspecified atom stereocenters. The van der Waals surface area contributed by atoms with Crippen LogP contribution in [0.3, 0.4) is 0 Å². The number of carbonyl (C=O) groups excluding carboxylic acids is 2. The monoisotopic (exact) mass is 495 g/mol. The van der Waals surface area contributed by atoms with Crippen molar-refractivity contribution >= 4 is 44.8 Å². The minimum absolute atomic E-state index is 0.0804. The molecule has 2 aromatic rings. The number of sulfonamides is 1. The fraction of sp³-hybridized carbons (Fsp3) is 0.333. The van der Waals surface area contributed by atoms with E-state index in [-0.39, 0.29) is 40.4 Å². The number of ether oxygens (including phenoxy) is 3. The average molecular weight is 496 g/mol. The number of hydrogen-bond donors (Lipinski definition) is 2. The summed E-state index contributed by atoms with van der Waals surface area (Å²) in [6, 6.07) is 6.55. The van der Waals surface area contributed by atoms with Crippen LogP contribution in [-0.2, 0) is 19.6 Å². The first kappa shape index (κ1) is 23.1. The molecule has 2 aromatic carbocycles. The van der Waals surface area contributed by atoms with Crippen LogP contribution in [0.25, 0.3) is 0 Å². The number of benzene rings is 2. The van der Waals surface area contributed by atoms with Gasteiger partial charge in [0.15, 0.2) is 6.61 Å². The lowest BCUT2D eigenvalue weighted by Gasteiger charge is -2.25. The highest BCUT2D eigenvalue weighted by atomic mass is 35.5. The van der Waals surface area contributed by atoms with E-state index in [2.05, 4.69) is 10.6 Å². The summed E-state index contributed by atoms with van der Waals surface area (Å²) in [4.78, 5) is 24.4. The smallest absolute Gasteiger partial charge is 0.262 e. The SMILES string of the molecule is COc1cc(NC(=O)[C@H]2CCCN2S(=O)(=O)c2cc3c(cc2Cl)NC(=O)CO3)cc(OC)c1. The number of methoxy groups -OCH3 is 2. The standard InChI is InChI=1S/C21H22ClN3O7S/c1-30-13-6-12(7-14(8-13)31-2)23-21(27)17-4-3-5-25(17)33(28,29)19-10-18-16(9-15(19)22)24-20(26)11-32-18/h6-10,17H,3-5,11H2,1-2H3,(H,23,27)(H,24,26)/t17-/m1/s1. The molecule has 2 aliphatic heterocycles. The zero-order valence-corrected chi connectivity index (χ0v) is 19.5. The molecule has 0 radical (unpaired) electrons. The number of hydrogen-bond acceptors (Lipinski definition) is 7. The second-order valence-corrected chi connectivity index (χ2v) is 9.75. The molecule has 0 saturated carbocycles. The second kappa shape index (κ2) is 9.08. The molecule has 2 aliphatic rings. The van der Waals surface area contributed by atoms with Gasteiger partial charge in [-0.3, -0.25) is 9.59 Å². The highest BCUT2D eigenvalue weighted by Crippen LogP contribution is 2.38. The zero-order chi connectivity index (χ0) is 23.8. The summed E-state index contributed by atoms with van der Waals surface area (Å²) in [5, 5.41) is 5.25. The van der Waals surface area contributed by atoms with E-state index in [1.54, 1.807) is 18.2 Å². The highest BCUT2D eigenvalue weighted by molar-refractivity contribution is 7.89. The third-order valence-corrected chi connectivity index (χ3v) is 7.75. The molecule has 1 atom stereocenters. The quantitative estimate of drug-likeness (QED) is 0.631. The van der Waals surface area contributed by atoms with Gasteiger partial charge in [0.05, 0.1) is 24.9 Å². The molecule has 1 saturated heterocycles. The predicted molar refractivity (Wildman–Crippen MR) is 121 cm³/mol. The van der Waals surface area contributed by atoms with Crippen molar-refractivity contribution in [3.63, 3.8) is 0 Å². The number of nitrogens with zero attached hydrogens (tertiary/aromatic N) is 1. The molecule has 0 aliphatic carbocycles. The fourth-order valence-corrected chi connectivity index (χ4v) is 5.98. The molecule has 2 heterocycles. The molecule has 176 valence electrons. The van der Waals surface area contributed by atoms with Gasteiger partial charge in [0.25, 0.3) is 5.91 Å². The average Bonchev–Trinajstić information content (AvgIpc) is 3.29. The van der Waals surface area contributed by atoms with E-state index in [4.69, 9.17) is 25.8 Å². The Kier molecular flexibility index (Phi) is 6.37. The van der Waals surface area contributed by atoms with Gasteiger partial charge in [0.2, 0.25) is 15.9 Å². The molecule has 0 bridgehead atoms. The van der Waals surface area contributed by atoms with Gasteiger partial charge < -0.3 is 24.8 Å². The lowest BCUT2D eigenvalue weighted by atomic mass is 10.2. The minimum Gasteiger partial charge on any atom is -0.497 e. The Labute approximate surface area is 195 Å². The summed E-state index contributed by atoms with van der Waals surface area (Å²) in [6.45, 7) is -0.0697. The van der Waals surface area contributed by atoms with Crippen LogP contribution in [0.1, 0.15) is 12.8 Å². The summed E-state index contributed by atoms with van der Waals surface area (Å²) in [6.07, 6.45) is 0.856. The van der Waals surface area contributed by atoms with E-state index < -0.39 is 22.0 Å². The number of amides is 2. The molecule has 1 fully saturated rings. The summed E-state index contributed by atoms with van der Waals surface area (Å²) in [5.41, 5.74) is 0.703. The van der Waals surface area contributed by atoms with Crippen molar-refractivity contribution in [1.82, 2.24) is 4.31 Å². The van der Waals surface area contributed by atoms with Gasteiger partial charge in [-0.1, -0.05) is 11.6 Å². The molecule has 2 amide bonds. The van der Waals surface area contributed by atoms with Crippen LogP contribution in [0.4, 0.5) is 11.4 Å². The van der Waals surface area contributed by atoms with Crippen molar-refractivity contribution in [2.45, 2.75) is 23.8 Å². The molecule has 0 spiro atoms. The van der Waals surface area contributed by atoms with E-state index >= 15 is 0 Å². The largest absolute Gasteiger partial charge is 0.497 e. The number of anilines is 2. The maximum Gasteiger partial charge on any atom is 0.262 e. The molecule has 2 N–H and O–H groups in total. The Morgan fingerprint density at radius 2 is 1.88 bits per heavy atom. The van der Waals surface area contributed by atoms with Crippen molar-refractivity contribution in [2.75, 3.05) is 38.0 Å². The van der Waals surface area contributed by atoms with Gasteiger partial charge in [-0.05, 0) is 18.9 Å². The van der Waals surface area contributed by atoms with Crippen LogP contribution < -0.4 is 24.8 Å². The Morgan fingerprint density at radius 1 is 1.18 bits per heavy atom. The number of rotatable bonds is 6. The predicted octanol–water partition coefficient (Wildman–Crippen LogP) is 2.48. The third-order valence-electron chi connectivity index (χ3n) is 5.38. The summed E-state index contributed by atoms with van der Waals surface area (Å²) in [5.74, 6) is 0.312. The van der Waals surface area contributed by atoms with Crippen LogP contribution in [0, 0.1) is 0 Å². The lowest BCUT2D eigenvalue weighted by Crippen LogP contribution is -2.43. The molecule has 10 nitrogen and oxygen atoms in total. The highest BCUT2D eigenvalue weighted by Gasteiger charge is 2.41. The van der Waals surface area contributed by atoms with Crippen LogP contribution in [-0.4, -0.2) is 58.0 Å². The van der Waals surface area contributed by atoms with Crippen molar-refractivity contribution in [3.05, 3.63) is 35.4 Å². The Hall–Kier alpha value is -3.02. The molecule has 4 rings (SSSR count). The number of halogens is 1. The van der Waals surface area contributed by atoms with E-state index in [9.17, 15) is 18.0 Å². The van der Waals surface area contributed by atoms with Crippen molar-refractivity contribution < 1.29 is 32.2 Å². The van der Waals surface area contributed by atoms with Gasteiger partial charge in [-0.15, -0.1) is 0 Å². The molecule has 33 heavy (non-hydrogen) atoms. The minimum atomic E-state index is -4.13. The Morgan fingerprint density at radius 3 is 2.55 bits per heavy atom. The maximum atomic E-state index is 13.5. The van der Waals surface area contributed by atoms with Crippen molar-refractivity contribution in [1.29, 1.82) is 0 Å². The number of fused-ring (bicyclic) bond motifs is 1. The Bertz CT molecular complexity index is 1200. The van der Waals surface area contributed by atoms with Crippen LogP contribution >= 0.6 is 11.6 Å². The van der Waals surface area contributed by atoms with Gasteiger partial charge in [0, 0.05) is 36.5 Å². The topological polar surface area (TPSA) is 123 Å². The van der Waals surface area contributed by atoms with E-state index in [0.717, 1.165) is 4.31 Å².